The normalized spacial score (nSPS) is 11.1. The first-order valence-electron chi connectivity index (χ1n) is 9.99. The molecule has 0 spiro atoms. The third-order valence-corrected chi connectivity index (χ3v) is 4.49. The van der Waals surface area contributed by atoms with Crippen LogP contribution in [0.4, 0.5) is 0 Å². The Balaban J connectivity index is 0.00000450. The molecule has 9 heteroatoms. The molecular weight excluding hydrogens is 497 g/mol. The molecule has 0 radical (unpaired) electrons. The van der Waals surface area contributed by atoms with E-state index in [0.29, 0.717) is 25.7 Å². The molecule has 8 nitrogen and oxygen atoms in total. The molecule has 0 saturated carbocycles. The van der Waals surface area contributed by atoms with Crippen LogP contribution in [-0.2, 0) is 16.0 Å². The van der Waals surface area contributed by atoms with E-state index in [1.54, 1.807) is 21.2 Å². The van der Waals surface area contributed by atoms with Gasteiger partial charge in [0.25, 0.3) is 0 Å². The molecule has 30 heavy (non-hydrogen) atoms. The zero-order valence-corrected chi connectivity index (χ0v) is 20.6. The van der Waals surface area contributed by atoms with Crippen LogP contribution in [0, 0.1) is 0 Å². The second kappa shape index (κ2) is 14.1. The molecule has 0 aliphatic heterocycles. The fourth-order valence-electron chi connectivity index (χ4n) is 2.89. The number of aliphatic imine (C=N–C) groups is 1. The molecule has 0 aliphatic carbocycles. The number of amides is 1. The van der Waals surface area contributed by atoms with Crippen LogP contribution in [-0.4, -0.2) is 75.8 Å². The topological polar surface area (TPSA) is 91.0 Å². The Morgan fingerprint density at radius 2 is 2.00 bits per heavy atom. The lowest BCUT2D eigenvalue weighted by Gasteiger charge is -2.14. The third-order valence-electron chi connectivity index (χ3n) is 4.49. The van der Waals surface area contributed by atoms with Gasteiger partial charge in [-0.3, -0.25) is 4.79 Å². The van der Waals surface area contributed by atoms with E-state index >= 15 is 0 Å². The van der Waals surface area contributed by atoms with Crippen molar-refractivity contribution in [3.05, 3.63) is 30.0 Å². The van der Waals surface area contributed by atoms with Crippen molar-refractivity contribution in [2.75, 3.05) is 54.1 Å². The molecule has 0 unspecified atom stereocenters. The minimum absolute atomic E-state index is 0. The van der Waals surface area contributed by atoms with Crippen LogP contribution < -0.4 is 15.4 Å². The number of fused-ring (bicyclic) bond motifs is 1. The van der Waals surface area contributed by atoms with Crippen molar-refractivity contribution in [2.45, 2.75) is 19.8 Å². The number of nitrogens with zero attached hydrogens (tertiary/aromatic N) is 2. The summed E-state index contributed by atoms with van der Waals surface area (Å²) >= 11 is 0. The standard InChI is InChI=1S/C21H33N5O3.HI/c1-5-29-13-7-11-22-21(25-15-19(27)26(2)3)23-12-10-16-14-24-17-8-6-9-18(28-4)20(16)17;/h6,8-9,14,24H,5,7,10-13,15H2,1-4H3,(H2,22,23,25);1H. The number of ether oxygens (including phenoxy) is 2. The molecule has 0 aliphatic rings. The quantitative estimate of drug-likeness (QED) is 0.179. The summed E-state index contributed by atoms with van der Waals surface area (Å²) in [6, 6.07) is 5.97. The number of methoxy groups -OCH3 is 1. The van der Waals surface area contributed by atoms with Crippen LogP contribution >= 0.6 is 24.0 Å². The fraction of sp³-hybridized carbons (Fsp3) is 0.524. The van der Waals surface area contributed by atoms with Gasteiger partial charge in [0.05, 0.1) is 7.11 Å². The van der Waals surface area contributed by atoms with Gasteiger partial charge in [-0.1, -0.05) is 6.07 Å². The van der Waals surface area contributed by atoms with E-state index in [1.807, 2.05) is 31.3 Å². The molecule has 1 heterocycles. The average molecular weight is 531 g/mol. The van der Waals surface area contributed by atoms with Crippen LogP contribution in [0.5, 0.6) is 5.75 Å². The molecule has 0 bridgehead atoms. The van der Waals surface area contributed by atoms with Crippen LogP contribution in [0.15, 0.2) is 29.4 Å². The zero-order chi connectivity index (χ0) is 21.1. The highest BCUT2D eigenvalue weighted by atomic mass is 127. The third kappa shape index (κ3) is 8.02. The van der Waals surface area contributed by atoms with Crippen molar-refractivity contribution in [1.82, 2.24) is 20.5 Å². The minimum Gasteiger partial charge on any atom is -0.496 e. The Labute approximate surface area is 195 Å². The van der Waals surface area contributed by atoms with Crippen LogP contribution in [0.3, 0.4) is 0 Å². The summed E-state index contributed by atoms with van der Waals surface area (Å²) < 4.78 is 10.9. The van der Waals surface area contributed by atoms with Gasteiger partial charge in [0.2, 0.25) is 5.91 Å². The molecule has 0 atom stereocenters. The number of nitrogens with one attached hydrogen (secondary N) is 3. The number of rotatable bonds is 11. The highest BCUT2D eigenvalue weighted by molar-refractivity contribution is 14.0. The van der Waals surface area contributed by atoms with E-state index in [1.165, 1.54) is 10.5 Å². The maximum Gasteiger partial charge on any atom is 0.243 e. The molecule has 1 aromatic carbocycles. The van der Waals surface area contributed by atoms with Gasteiger partial charge in [0, 0.05) is 57.5 Å². The highest BCUT2D eigenvalue weighted by Gasteiger charge is 2.09. The number of aromatic nitrogens is 1. The monoisotopic (exact) mass is 531 g/mol. The van der Waals surface area contributed by atoms with Crippen molar-refractivity contribution < 1.29 is 14.3 Å². The summed E-state index contributed by atoms with van der Waals surface area (Å²) in [6.07, 6.45) is 3.67. The summed E-state index contributed by atoms with van der Waals surface area (Å²) in [6.45, 7) is 4.90. The first-order valence-corrected chi connectivity index (χ1v) is 9.99. The van der Waals surface area contributed by atoms with Crippen LogP contribution in [0.1, 0.15) is 18.9 Å². The van der Waals surface area contributed by atoms with Gasteiger partial charge in [0.1, 0.15) is 12.3 Å². The number of H-pyrrole nitrogens is 1. The molecule has 0 saturated heterocycles. The van der Waals surface area contributed by atoms with Gasteiger partial charge in [-0.05, 0) is 37.5 Å². The smallest absolute Gasteiger partial charge is 0.243 e. The fourth-order valence-corrected chi connectivity index (χ4v) is 2.89. The Kier molecular flexibility index (Phi) is 12.2. The Morgan fingerprint density at radius 3 is 2.70 bits per heavy atom. The lowest BCUT2D eigenvalue weighted by atomic mass is 10.1. The SMILES string of the molecule is CCOCCCNC(=NCC(=O)N(C)C)NCCc1c[nH]c2cccc(OC)c12.I. The maximum atomic E-state index is 11.9. The van der Waals surface area contributed by atoms with Crippen LogP contribution in [0.25, 0.3) is 10.9 Å². The van der Waals surface area contributed by atoms with Crippen molar-refractivity contribution in [3.63, 3.8) is 0 Å². The predicted molar refractivity (Wildman–Crippen MR) is 132 cm³/mol. The van der Waals surface area contributed by atoms with E-state index in [2.05, 4.69) is 20.6 Å². The summed E-state index contributed by atoms with van der Waals surface area (Å²) in [5, 5.41) is 7.69. The van der Waals surface area contributed by atoms with Crippen molar-refractivity contribution >= 4 is 46.7 Å². The first kappa shape index (κ1) is 26.0. The zero-order valence-electron chi connectivity index (χ0n) is 18.3. The molecule has 0 fully saturated rings. The van der Waals surface area contributed by atoms with E-state index in [-0.39, 0.29) is 36.4 Å². The Bertz CT molecular complexity index is 807. The lowest BCUT2D eigenvalue weighted by Crippen LogP contribution is -2.40. The van der Waals surface area contributed by atoms with Crippen molar-refractivity contribution in [2.24, 2.45) is 4.99 Å². The molecule has 2 rings (SSSR count). The Hall–Kier alpha value is -2.01. The summed E-state index contributed by atoms with van der Waals surface area (Å²) in [7, 11) is 5.14. The van der Waals surface area contributed by atoms with Crippen LogP contribution in [0.2, 0.25) is 0 Å². The number of guanidine groups is 1. The lowest BCUT2D eigenvalue weighted by molar-refractivity contribution is -0.127. The number of carbonyl (C=O) groups excluding carboxylic acids is 1. The number of likely N-dealkylation sites (N-methyl/N-ethyl adjacent to an activating group) is 1. The summed E-state index contributed by atoms with van der Waals surface area (Å²) in [5.41, 5.74) is 2.23. The number of hydrogen-bond donors (Lipinski definition) is 3. The van der Waals surface area contributed by atoms with Crippen molar-refractivity contribution in [3.8, 4) is 5.75 Å². The second-order valence-corrected chi connectivity index (χ2v) is 6.80. The molecule has 3 N–H and O–H groups in total. The number of halogens is 1. The summed E-state index contributed by atoms with van der Waals surface area (Å²) in [5.74, 6) is 1.45. The molecular formula is C21H34IN5O3. The number of carbonyl (C=O) groups is 1. The highest BCUT2D eigenvalue weighted by Crippen LogP contribution is 2.28. The average Bonchev–Trinajstić information content (AvgIpc) is 3.14. The molecule has 1 aromatic heterocycles. The first-order chi connectivity index (χ1) is 14.1. The second-order valence-electron chi connectivity index (χ2n) is 6.80. The molecule has 2 aromatic rings. The van der Waals surface area contributed by atoms with Gasteiger partial charge in [-0.25, -0.2) is 4.99 Å². The van der Waals surface area contributed by atoms with E-state index in [4.69, 9.17) is 9.47 Å². The van der Waals surface area contributed by atoms with E-state index in [9.17, 15) is 4.79 Å². The van der Waals surface area contributed by atoms with E-state index in [0.717, 1.165) is 36.0 Å². The Morgan fingerprint density at radius 1 is 1.23 bits per heavy atom. The van der Waals surface area contributed by atoms with Gasteiger partial charge in [-0.2, -0.15) is 0 Å². The largest absolute Gasteiger partial charge is 0.496 e. The van der Waals surface area contributed by atoms with Crippen molar-refractivity contribution in [1.29, 1.82) is 0 Å². The van der Waals surface area contributed by atoms with Gasteiger partial charge >= 0.3 is 0 Å². The number of benzene rings is 1. The van der Waals surface area contributed by atoms with Gasteiger partial charge < -0.3 is 30.0 Å². The summed E-state index contributed by atoms with van der Waals surface area (Å²) in [4.78, 5) is 21.1. The molecule has 1 amide bonds. The van der Waals surface area contributed by atoms with Gasteiger partial charge in [0.15, 0.2) is 5.96 Å². The predicted octanol–water partition coefficient (Wildman–Crippen LogP) is 2.39. The maximum absolute atomic E-state index is 11.9. The molecule has 168 valence electrons. The van der Waals surface area contributed by atoms with E-state index < -0.39 is 0 Å². The van der Waals surface area contributed by atoms with Gasteiger partial charge in [-0.15, -0.1) is 24.0 Å². The number of aromatic amines is 1. The number of hydrogen-bond acceptors (Lipinski definition) is 4. The minimum atomic E-state index is -0.0400.